The summed E-state index contributed by atoms with van der Waals surface area (Å²) >= 11 is 0. The van der Waals surface area contributed by atoms with E-state index in [1.165, 1.54) is 5.56 Å². The van der Waals surface area contributed by atoms with Gasteiger partial charge in [-0.15, -0.1) is 0 Å². The Hall–Kier alpha value is -2.86. The first-order chi connectivity index (χ1) is 13.6. The second kappa shape index (κ2) is 9.37. The molecule has 148 valence electrons. The maximum absolute atomic E-state index is 12.5. The third-order valence-corrected chi connectivity index (χ3v) is 5.14. The minimum absolute atomic E-state index is 0.0954. The van der Waals surface area contributed by atoms with Gasteiger partial charge < -0.3 is 10.6 Å². The molecule has 3 rings (SSSR count). The Bertz CT molecular complexity index is 816. The average Bonchev–Trinajstić information content (AvgIpc) is 3.17. The molecule has 2 N–H and O–H groups in total. The Labute approximate surface area is 166 Å². The van der Waals surface area contributed by atoms with E-state index in [4.69, 9.17) is 0 Å². The molecule has 2 aromatic rings. The molecule has 0 unspecified atom stereocenters. The number of anilines is 1. The van der Waals surface area contributed by atoms with Crippen LogP contribution in [-0.4, -0.2) is 43.0 Å². The molecular weight excluding hydrogens is 352 g/mol. The van der Waals surface area contributed by atoms with Gasteiger partial charge in [0.25, 0.3) is 5.91 Å². The zero-order valence-electron chi connectivity index (χ0n) is 16.6. The second-order valence-electron chi connectivity index (χ2n) is 6.84. The number of nitrogens with zero attached hydrogens (tertiary/aromatic N) is 2. The molecule has 0 aromatic heterocycles. The highest BCUT2D eigenvalue weighted by Gasteiger charge is 2.21. The van der Waals surface area contributed by atoms with Crippen molar-refractivity contribution in [2.24, 2.45) is 0 Å². The predicted octanol–water partition coefficient (Wildman–Crippen LogP) is 2.99. The molecule has 0 saturated carbocycles. The monoisotopic (exact) mass is 380 g/mol. The van der Waals surface area contributed by atoms with Crippen LogP contribution in [0.4, 0.5) is 10.5 Å². The number of urea groups is 1. The summed E-state index contributed by atoms with van der Waals surface area (Å²) in [5.41, 5.74) is 3.76. The first-order valence-corrected chi connectivity index (χ1v) is 9.85. The Kier molecular flexibility index (Phi) is 6.66. The Morgan fingerprint density at radius 2 is 1.75 bits per heavy atom. The van der Waals surface area contributed by atoms with Gasteiger partial charge >= 0.3 is 6.03 Å². The minimum Gasteiger partial charge on any atom is -0.348 e. The smallest absolute Gasteiger partial charge is 0.321 e. The summed E-state index contributed by atoms with van der Waals surface area (Å²) in [6.07, 6.45) is 0. The third-order valence-electron chi connectivity index (χ3n) is 5.14. The van der Waals surface area contributed by atoms with Crippen molar-refractivity contribution in [1.29, 1.82) is 0 Å². The Balaban J connectivity index is 1.62. The van der Waals surface area contributed by atoms with Crippen LogP contribution in [0.5, 0.6) is 0 Å². The van der Waals surface area contributed by atoms with E-state index in [-0.39, 0.29) is 11.9 Å². The van der Waals surface area contributed by atoms with Gasteiger partial charge in [0.2, 0.25) is 0 Å². The van der Waals surface area contributed by atoms with E-state index in [1.54, 1.807) is 17.0 Å². The van der Waals surface area contributed by atoms with Gasteiger partial charge in [0.05, 0.1) is 0 Å². The number of hydrogen-bond donors (Lipinski definition) is 2. The van der Waals surface area contributed by atoms with Crippen molar-refractivity contribution in [2.45, 2.75) is 26.9 Å². The molecule has 0 atom stereocenters. The molecule has 3 amide bonds. The molecule has 1 heterocycles. The fourth-order valence-corrected chi connectivity index (χ4v) is 3.36. The summed E-state index contributed by atoms with van der Waals surface area (Å²) in [6, 6.07) is 15.3. The normalized spacial score (nSPS) is 13.7. The van der Waals surface area contributed by atoms with Gasteiger partial charge in [-0.2, -0.15) is 0 Å². The number of amides is 3. The molecule has 2 aromatic carbocycles. The van der Waals surface area contributed by atoms with Gasteiger partial charge in [-0.3, -0.25) is 14.6 Å². The number of carbonyl (C=O) groups is 2. The lowest BCUT2D eigenvalue weighted by atomic mass is 10.1. The Morgan fingerprint density at radius 1 is 1.07 bits per heavy atom. The third kappa shape index (κ3) is 4.70. The predicted molar refractivity (Wildman–Crippen MR) is 111 cm³/mol. The fourth-order valence-electron chi connectivity index (χ4n) is 3.36. The highest BCUT2D eigenvalue weighted by Crippen LogP contribution is 2.17. The first-order valence-electron chi connectivity index (χ1n) is 9.85. The van der Waals surface area contributed by atoms with Gasteiger partial charge in [0.1, 0.15) is 0 Å². The summed E-state index contributed by atoms with van der Waals surface area (Å²) in [5, 5.41) is 5.79. The number of carbonyl (C=O) groups excluding carboxylic acids is 2. The molecule has 6 heteroatoms. The van der Waals surface area contributed by atoms with E-state index in [0.29, 0.717) is 25.2 Å². The van der Waals surface area contributed by atoms with E-state index in [0.717, 1.165) is 30.9 Å². The van der Waals surface area contributed by atoms with Crippen LogP contribution in [0.15, 0.2) is 48.5 Å². The highest BCUT2D eigenvalue weighted by atomic mass is 16.2. The molecule has 28 heavy (non-hydrogen) atoms. The second-order valence-corrected chi connectivity index (χ2v) is 6.84. The molecule has 1 aliphatic rings. The molecule has 1 fully saturated rings. The zero-order chi connectivity index (χ0) is 19.9. The first kappa shape index (κ1) is 19.9. The zero-order valence-corrected chi connectivity index (χ0v) is 16.6. The molecular formula is C22H28N4O2. The number of rotatable bonds is 8. The van der Waals surface area contributed by atoms with Crippen LogP contribution >= 0.6 is 0 Å². The van der Waals surface area contributed by atoms with E-state index >= 15 is 0 Å². The van der Waals surface area contributed by atoms with Crippen molar-refractivity contribution in [1.82, 2.24) is 15.5 Å². The highest BCUT2D eigenvalue weighted by molar-refractivity contribution is 5.97. The lowest BCUT2D eigenvalue weighted by Crippen LogP contribution is -2.28. The average molecular weight is 380 g/mol. The summed E-state index contributed by atoms with van der Waals surface area (Å²) in [6.45, 7) is 8.98. The summed E-state index contributed by atoms with van der Waals surface area (Å²) in [4.78, 5) is 28.3. The van der Waals surface area contributed by atoms with Crippen molar-refractivity contribution < 1.29 is 9.59 Å². The maximum atomic E-state index is 12.5. The van der Waals surface area contributed by atoms with Gasteiger partial charge in [-0.25, -0.2) is 4.79 Å². The lowest BCUT2D eigenvalue weighted by Gasteiger charge is -2.20. The van der Waals surface area contributed by atoms with Crippen molar-refractivity contribution in [3.63, 3.8) is 0 Å². The van der Waals surface area contributed by atoms with Gasteiger partial charge in [0.15, 0.2) is 0 Å². The van der Waals surface area contributed by atoms with Crippen molar-refractivity contribution in [3.05, 3.63) is 65.2 Å². The largest absolute Gasteiger partial charge is 0.348 e. The number of nitrogens with one attached hydrogen (secondary N) is 2. The van der Waals surface area contributed by atoms with E-state index in [1.807, 2.05) is 24.3 Å². The van der Waals surface area contributed by atoms with Gasteiger partial charge in [-0.1, -0.05) is 38.1 Å². The summed E-state index contributed by atoms with van der Waals surface area (Å²) in [5.74, 6) is -0.116. The van der Waals surface area contributed by atoms with Crippen LogP contribution in [0, 0.1) is 0 Å². The quantitative estimate of drug-likeness (QED) is 0.740. The topological polar surface area (TPSA) is 64.7 Å². The van der Waals surface area contributed by atoms with Crippen LogP contribution < -0.4 is 15.5 Å². The number of hydrogen-bond acceptors (Lipinski definition) is 3. The van der Waals surface area contributed by atoms with Crippen molar-refractivity contribution in [3.8, 4) is 0 Å². The van der Waals surface area contributed by atoms with Crippen molar-refractivity contribution >= 4 is 17.6 Å². The van der Waals surface area contributed by atoms with E-state index in [2.05, 4.69) is 41.5 Å². The van der Waals surface area contributed by atoms with E-state index < -0.39 is 0 Å². The lowest BCUT2D eigenvalue weighted by molar-refractivity contribution is 0.0950. The fraction of sp³-hybridized carbons (Fsp3) is 0.364. The molecule has 1 saturated heterocycles. The van der Waals surface area contributed by atoms with Crippen LogP contribution in [-0.2, 0) is 13.1 Å². The number of benzene rings is 2. The van der Waals surface area contributed by atoms with Crippen LogP contribution in [0.3, 0.4) is 0 Å². The van der Waals surface area contributed by atoms with Crippen LogP contribution in [0.25, 0.3) is 0 Å². The SMILES string of the molecule is CCN(CC)Cc1ccccc1CNC(=O)c1ccc(N2CCNC2=O)cc1. The molecule has 0 radical (unpaired) electrons. The summed E-state index contributed by atoms with van der Waals surface area (Å²) in [7, 11) is 0. The van der Waals surface area contributed by atoms with Crippen LogP contribution in [0.2, 0.25) is 0 Å². The van der Waals surface area contributed by atoms with Crippen LogP contribution in [0.1, 0.15) is 35.3 Å². The van der Waals surface area contributed by atoms with E-state index in [9.17, 15) is 9.59 Å². The standard InChI is InChI=1S/C22H28N4O2/c1-3-25(4-2)16-19-8-6-5-7-18(19)15-24-21(27)17-9-11-20(12-10-17)26-14-13-23-22(26)28/h5-12H,3-4,13-16H2,1-2H3,(H,23,28)(H,24,27). The molecule has 0 bridgehead atoms. The summed E-state index contributed by atoms with van der Waals surface area (Å²) < 4.78 is 0. The Morgan fingerprint density at radius 3 is 2.36 bits per heavy atom. The minimum atomic E-state index is -0.116. The molecule has 0 aliphatic carbocycles. The molecule has 1 aliphatic heterocycles. The van der Waals surface area contributed by atoms with Gasteiger partial charge in [-0.05, 0) is 48.5 Å². The molecule has 0 spiro atoms. The molecule has 6 nitrogen and oxygen atoms in total. The van der Waals surface area contributed by atoms with Crippen molar-refractivity contribution in [2.75, 3.05) is 31.1 Å². The maximum Gasteiger partial charge on any atom is 0.321 e. The van der Waals surface area contributed by atoms with Gasteiger partial charge in [0, 0.05) is 37.4 Å².